The molecule has 2 heterocycles. The van der Waals surface area contributed by atoms with E-state index in [9.17, 15) is 8.42 Å². The highest BCUT2D eigenvalue weighted by Gasteiger charge is 2.24. The topological polar surface area (TPSA) is 86.9 Å². The molecule has 0 bridgehead atoms. The summed E-state index contributed by atoms with van der Waals surface area (Å²) in [7, 11) is -2.96. The van der Waals surface area contributed by atoms with Crippen LogP contribution in [0.1, 0.15) is 51.3 Å². The molecule has 0 amide bonds. The number of nitrogens with one attached hydrogen (secondary N) is 2. The van der Waals surface area contributed by atoms with Gasteiger partial charge in [0.2, 0.25) is 0 Å². The van der Waals surface area contributed by atoms with Crippen LogP contribution in [0, 0.1) is 0 Å². The number of aliphatic imine (C=N–C) groups is 1. The van der Waals surface area contributed by atoms with Gasteiger partial charge in [0, 0.05) is 18.8 Å². The molecule has 8 heteroatoms. The third kappa shape index (κ3) is 7.92. The summed E-state index contributed by atoms with van der Waals surface area (Å²) in [6, 6.07) is 4.09. The molecule has 1 aliphatic rings. The molecule has 2 unspecified atom stereocenters. The molecule has 0 saturated carbocycles. The van der Waals surface area contributed by atoms with Gasteiger partial charge in [-0.05, 0) is 58.3 Å². The van der Waals surface area contributed by atoms with Gasteiger partial charge in [0.1, 0.15) is 15.6 Å². The monoisotopic (exact) mass is 398 g/mol. The van der Waals surface area contributed by atoms with Gasteiger partial charge in [-0.1, -0.05) is 6.42 Å². The molecule has 0 aliphatic carbocycles. The maximum absolute atomic E-state index is 11.4. The van der Waals surface area contributed by atoms with E-state index in [2.05, 4.69) is 15.5 Å². The third-order valence-corrected chi connectivity index (χ3v) is 5.75. The largest absolute Gasteiger partial charge is 0.468 e. The van der Waals surface area contributed by atoms with E-state index in [-0.39, 0.29) is 17.8 Å². The Morgan fingerprint density at radius 1 is 1.33 bits per heavy atom. The van der Waals surface area contributed by atoms with Crippen LogP contribution in [0.3, 0.4) is 0 Å². The van der Waals surface area contributed by atoms with Crippen molar-refractivity contribution in [2.45, 2.75) is 51.6 Å². The van der Waals surface area contributed by atoms with Gasteiger partial charge in [0.15, 0.2) is 5.96 Å². The smallest absolute Gasteiger partial charge is 0.191 e. The van der Waals surface area contributed by atoms with Crippen molar-refractivity contribution >= 4 is 15.8 Å². The van der Waals surface area contributed by atoms with Crippen LogP contribution in [0.2, 0.25) is 0 Å². The summed E-state index contributed by atoms with van der Waals surface area (Å²) < 4.78 is 28.4. The van der Waals surface area contributed by atoms with Gasteiger partial charge >= 0.3 is 0 Å². The van der Waals surface area contributed by atoms with Gasteiger partial charge < -0.3 is 15.1 Å². The minimum absolute atomic E-state index is 0.0228. The average Bonchev–Trinajstić information content (AvgIpc) is 3.15. The van der Waals surface area contributed by atoms with E-state index in [1.807, 2.05) is 26.0 Å². The molecule has 2 N–H and O–H groups in total. The van der Waals surface area contributed by atoms with Crippen LogP contribution in [0.5, 0.6) is 0 Å². The van der Waals surface area contributed by atoms with E-state index in [1.54, 1.807) is 6.26 Å². The Labute approximate surface area is 163 Å². The van der Waals surface area contributed by atoms with Gasteiger partial charge in [-0.2, -0.15) is 0 Å². The molecule has 1 aromatic heterocycles. The average molecular weight is 399 g/mol. The highest BCUT2D eigenvalue weighted by molar-refractivity contribution is 7.90. The van der Waals surface area contributed by atoms with Crippen LogP contribution < -0.4 is 10.6 Å². The molecule has 1 aromatic rings. The van der Waals surface area contributed by atoms with Crippen LogP contribution in [0.25, 0.3) is 0 Å². The zero-order valence-corrected chi connectivity index (χ0v) is 17.6. The summed E-state index contributed by atoms with van der Waals surface area (Å²) in [6.45, 7) is 7.48. The Kier molecular flexibility index (Phi) is 8.63. The fourth-order valence-corrected chi connectivity index (χ4v) is 4.07. The summed E-state index contributed by atoms with van der Waals surface area (Å²) in [4.78, 5) is 7.22. The lowest BCUT2D eigenvalue weighted by Crippen LogP contribution is -2.43. The van der Waals surface area contributed by atoms with Crippen molar-refractivity contribution in [2.24, 2.45) is 4.99 Å². The van der Waals surface area contributed by atoms with Crippen molar-refractivity contribution in [3.05, 3.63) is 24.2 Å². The quantitative estimate of drug-likeness (QED) is 0.490. The van der Waals surface area contributed by atoms with Crippen molar-refractivity contribution in [1.82, 2.24) is 15.5 Å². The van der Waals surface area contributed by atoms with Crippen molar-refractivity contribution in [1.29, 1.82) is 0 Å². The lowest BCUT2D eigenvalue weighted by molar-refractivity contribution is 0.150. The molecule has 2 atom stereocenters. The highest BCUT2D eigenvalue weighted by atomic mass is 32.2. The van der Waals surface area contributed by atoms with Crippen molar-refractivity contribution < 1.29 is 12.8 Å². The first kappa shape index (κ1) is 21.8. The van der Waals surface area contributed by atoms with Crippen LogP contribution in [0.15, 0.2) is 27.8 Å². The van der Waals surface area contributed by atoms with E-state index in [1.165, 1.54) is 25.5 Å². The molecular weight excluding hydrogens is 364 g/mol. The number of nitrogens with zero attached hydrogens (tertiary/aromatic N) is 2. The molecule has 0 radical (unpaired) electrons. The first-order valence-electron chi connectivity index (χ1n) is 9.89. The number of rotatable bonds is 9. The van der Waals surface area contributed by atoms with Gasteiger partial charge in [0.05, 0.1) is 24.6 Å². The second kappa shape index (κ2) is 10.7. The fraction of sp³-hybridized carbons (Fsp3) is 0.737. The maximum atomic E-state index is 11.4. The number of guanidine groups is 1. The lowest BCUT2D eigenvalue weighted by Gasteiger charge is -2.32. The van der Waals surface area contributed by atoms with Crippen molar-refractivity contribution in [3.8, 4) is 0 Å². The zero-order valence-electron chi connectivity index (χ0n) is 16.8. The number of furan rings is 1. The van der Waals surface area contributed by atoms with Crippen LogP contribution in [-0.4, -0.2) is 63.5 Å². The van der Waals surface area contributed by atoms with Crippen LogP contribution in [0.4, 0.5) is 0 Å². The van der Waals surface area contributed by atoms with E-state index < -0.39 is 9.84 Å². The lowest BCUT2D eigenvalue weighted by atomic mass is 10.1. The van der Waals surface area contributed by atoms with Crippen LogP contribution in [-0.2, 0) is 9.84 Å². The van der Waals surface area contributed by atoms with Crippen molar-refractivity contribution in [3.63, 3.8) is 0 Å². The first-order chi connectivity index (χ1) is 12.9. The fourth-order valence-electron chi connectivity index (χ4n) is 3.29. The van der Waals surface area contributed by atoms with Gasteiger partial charge in [-0.3, -0.25) is 9.89 Å². The Bertz CT molecular complexity index is 667. The summed E-state index contributed by atoms with van der Waals surface area (Å²) in [5.74, 6) is 1.83. The van der Waals surface area contributed by atoms with Gasteiger partial charge in [0.25, 0.3) is 0 Å². The predicted octanol–water partition coefficient (Wildman–Crippen LogP) is 2.18. The van der Waals surface area contributed by atoms with Gasteiger partial charge in [-0.15, -0.1) is 0 Å². The highest BCUT2D eigenvalue weighted by Crippen LogP contribution is 2.25. The minimum Gasteiger partial charge on any atom is -0.468 e. The molecule has 7 nitrogen and oxygen atoms in total. The number of hydrogen-bond acceptors (Lipinski definition) is 5. The molecule has 1 aliphatic heterocycles. The molecule has 0 spiro atoms. The Hall–Kier alpha value is -1.54. The SMILES string of the molecule is CCNC(=NCC(c1ccco1)N1CCCCC1)NC(C)CCS(C)(=O)=O. The standard InChI is InChI=1S/C19H34N4O3S/c1-4-20-19(22-16(2)10-14-27(3,24)25)21-15-17(18-9-8-13-26-18)23-11-6-5-7-12-23/h8-9,13,16-17H,4-7,10-12,14-15H2,1-3H3,(H2,20,21,22). The molecule has 2 rings (SSSR count). The third-order valence-electron chi connectivity index (χ3n) is 4.77. The minimum atomic E-state index is -2.96. The van der Waals surface area contributed by atoms with Crippen molar-refractivity contribution in [2.75, 3.05) is 38.2 Å². The summed E-state index contributed by atoms with van der Waals surface area (Å²) in [5, 5.41) is 6.57. The molecule has 27 heavy (non-hydrogen) atoms. The second-order valence-corrected chi connectivity index (χ2v) is 9.57. The molecular formula is C19H34N4O3S. The van der Waals surface area contributed by atoms with Crippen LogP contribution >= 0.6 is 0 Å². The second-order valence-electron chi connectivity index (χ2n) is 7.31. The number of piperidine rings is 1. The number of sulfone groups is 1. The zero-order chi connectivity index (χ0) is 19.7. The Morgan fingerprint density at radius 2 is 2.07 bits per heavy atom. The molecule has 1 fully saturated rings. The molecule has 1 saturated heterocycles. The van der Waals surface area contributed by atoms with E-state index in [0.29, 0.717) is 18.9 Å². The molecule has 0 aromatic carbocycles. The van der Waals surface area contributed by atoms with E-state index in [4.69, 9.17) is 9.41 Å². The number of hydrogen-bond donors (Lipinski definition) is 2. The van der Waals surface area contributed by atoms with E-state index in [0.717, 1.165) is 25.4 Å². The predicted molar refractivity (Wildman–Crippen MR) is 110 cm³/mol. The maximum Gasteiger partial charge on any atom is 0.191 e. The summed E-state index contributed by atoms with van der Waals surface area (Å²) >= 11 is 0. The summed E-state index contributed by atoms with van der Waals surface area (Å²) in [6.07, 6.45) is 7.24. The Balaban J connectivity index is 2.02. The normalized spacial score (nSPS) is 18.9. The summed E-state index contributed by atoms with van der Waals surface area (Å²) in [5.41, 5.74) is 0. The molecule has 154 valence electrons. The van der Waals surface area contributed by atoms with E-state index >= 15 is 0 Å². The van der Waals surface area contributed by atoms with Gasteiger partial charge in [-0.25, -0.2) is 8.42 Å². The Morgan fingerprint density at radius 3 is 2.67 bits per heavy atom. The first-order valence-corrected chi connectivity index (χ1v) is 11.9. The number of likely N-dealkylation sites (tertiary alicyclic amines) is 1.